The molecule has 0 atom stereocenters. The second kappa shape index (κ2) is 18.2. The smallest absolute Gasteiger partial charge is 0.0713 e. The summed E-state index contributed by atoms with van der Waals surface area (Å²) in [7, 11) is 0. The van der Waals surface area contributed by atoms with E-state index in [2.05, 4.69) is 314 Å². The SMILES string of the molecule is c1ccc(-c2ccc(N(c3cccc(-c4ccc5c(c4)-c4ccccc4C5(c4ccccc4)c4ccccc4)c3)c3cccc(-c4ccc5c(c4)-c4ccccc4C5(c4ccccc4)c4ccccc4)c3)cc2)cc1. The molecule has 0 N–H and O–H groups in total. The summed E-state index contributed by atoms with van der Waals surface area (Å²) >= 11 is 0. The van der Waals surface area contributed by atoms with Gasteiger partial charge in [-0.2, -0.15) is 0 Å². The Kier molecular flexibility index (Phi) is 10.7. The molecule has 75 heavy (non-hydrogen) atoms. The normalized spacial score (nSPS) is 13.3. The summed E-state index contributed by atoms with van der Waals surface area (Å²) in [6, 6.07) is 114. The summed E-state index contributed by atoms with van der Waals surface area (Å²) in [5.74, 6) is 0. The first-order valence-corrected chi connectivity index (χ1v) is 26.1. The van der Waals surface area contributed by atoms with Crippen LogP contribution in [-0.4, -0.2) is 0 Å². The zero-order chi connectivity index (χ0) is 49.8. The Morgan fingerprint density at radius 1 is 0.187 bits per heavy atom. The average molecular weight is 954 g/mol. The molecule has 0 radical (unpaired) electrons. The van der Waals surface area contributed by atoms with E-state index in [0.29, 0.717) is 0 Å². The summed E-state index contributed by atoms with van der Waals surface area (Å²) in [6.07, 6.45) is 0. The summed E-state index contributed by atoms with van der Waals surface area (Å²) < 4.78 is 0. The van der Waals surface area contributed by atoms with Crippen molar-refractivity contribution in [2.24, 2.45) is 0 Å². The fourth-order valence-corrected chi connectivity index (χ4v) is 12.8. The van der Waals surface area contributed by atoms with E-state index in [0.717, 1.165) is 28.2 Å². The van der Waals surface area contributed by atoms with Crippen LogP contribution in [0.3, 0.4) is 0 Å². The highest BCUT2D eigenvalue weighted by Gasteiger charge is 2.47. The average Bonchev–Trinajstić information content (AvgIpc) is 4.05. The van der Waals surface area contributed by atoms with Crippen molar-refractivity contribution in [3.63, 3.8) is 0 Å². The molecule has 0 saturated heterocycles. The molecular formula is C74H51N. The minimum absolute atomic E-state index is 0.447. The van der Waals surface area contributed by atoms with E-state index in [1.54, 1.807) is 0 Å². The lowest BCUT2D eigenvalue weighted by Crippen LogP contribution is -2.28. The number of rotatable bonds is 10. The third-order valence-corrected chi connectivity index (χ3v) is 16.0. The topological polar surface area (TPSA) is 3.24 Å². The van der Waals surface area contributed by atoms with Crippen LogP contribution >= 0.6 is 0 Å². The summed E-state index contributed by atoms with van der Waals surface area (Å²) in [6.45, 7) is 0. The van der Waals surface area contributed by atoms with Gasteiger partial charge in [0.25, 0.3) is 0 Å². The van der Waals surface area contributed by atoms with Gasteiger partial charge >= 0.3 is 0 Å². The molecule has 1 heteroatoms. The quantitative estimate of drug-likeness (QED) is 0.132. The minimum Gasteiger partial charge on any atom is -0.310 e. The molecule has 0 unspecified atom stereocenters. The number of hydrogen-bond donors (Lipinski definition) is 0. The van der Waals surface area contributed by atoms with Gasteiger partial charge in [-0.3, -0.25) is 0 Å². The molecule has 2 aliphatic carbocycles. The van der Waals surface area contributed by atoms with Crippen molar-refractivity contribution < 1.29 is 0 Å². The highest BCUT2D eigenvalue weighted by molar-refractivity contribution is 5.92. The van der Waals surface area contributed by atoms with Gasteiger partial charge in [0.15, 0.2) is 0 Å². The number of benzene rings is 12. The Bertz CT molecular complexity index is 3730. The Labute approximate surface area is 440 Å². The molecule has 0 aromatic heterocycles. The van der Waals surface area contributed by atoms with Gasteiger partial charge in [-0.05, 0) is 149 Å². The van der Waals surface area contributed by atoms with Crippen LogP contribution in [0.2, 0.25) is 0 Å². The zero-order valence-corrected chi connectivity index (χ0v) is 41.4. The Balaban J connectivity index is 0.898. The molecule has 0 heterocycles. The van der Waals surface area contributed by atoms with Gasteiger partial charge in [-0.15, -0.1) is 0 Å². The first-order chi connectivity index (χ1) is 37.2. The predicted octanol–water partition coefficient (Wildman–Crippen LogP) is 18.9. The van der Waals surface area contributed by atoms with Crippen LogP contribution in [0, 0.1) is 0 Å². The Morgan fingerprint density at radius 3 is 0.907 bits per heavy atom. The highest BCUT2D eigenvalue weighted by Crippen LogP contribution is 2.58. The maximum Gasteiger partial charge on any atom is 0.0713 e. The van der Waals surface area contributed by atoms with Gasteiger partial charge in [-0.1, -0.05) is 261 Å². The van der Waals surface area contributed by atoms with Crippen LogP contribution in [0.25, 0.3) is 55.6 Å². The molecular weight excluding hydrogens is 903 g/mol. The van der Waals surface area contributed by atoms with Gasteiger partial charge in [-0.25, -0.2) is 0 Å². The second-order valence-electron chi connectivity index (χ2n) is 19.9. The molecule has 352 valence electrons. The fraction of sp³-hybridized carbons (Fsp3) is 0.0270. The van der Waals surface area contributed by atoms with Crippen molar-refractivity contribution >= 4 is 17.1 Å². The van der Waals surface area contributed by atoms with Crippen molar-refractivity contribution in [1.82, 2.24) is 0 Å². The Hall–Kier alpha value is -9.56. The lowest BCUT2D eigenvalue weighted by atomic mass is 9.67. The summed E-state index contributed by atoms with van der Waals surface area (Å²) in [5.41, 5.74) is 24.8. The van der Waals surface area contributed by atoms with E-state index in [1.807, 2.05) is 0 Å². The van der Waals surface area contributed by atoms with Gasteiger partial charge < -0.3 is 4.90 Å². The zero-order valence-electron chi connectivity index (χ0n) is 41.4. The molecule has 0 aliphatic heterocycles. The van der Waals surface area contributed by atoms with Crippen molar-refractivity contribution in [1.29, 1.82) is 0 Å². The molecule has 0 bridgehead atoms. The third kappa shape index (κ3) is 7.08. The standard InChI is InChI=1S/C74H51N/c1-6-22-52(23-7-1)53-40-44-62(45-41-53)75(63-34-20-24-54(48-63)56-42-46-71-67(50-56)65-36-16-18-38-69(65)73(71,58-26-8-2-9-27-58)59-28-10-3-11-29-59)64-35-21-25-55(49-64)57-43-47-72-68(51-57)66-37-17-19-39-70(66)74(72,60-30-12-4-13-31-60)61-32-14-5-15-33-61/h1-51H. The minimum atomic E-state index is -0.447. The van der Waals surface area contributed by atoms with E-state index in [9.17, 15) is 0 Å². The van der Waals surface area contributed by atoms with Gasteiger partial charge in [0.2, 0.25) is 0 Å². The maximum absolute atomic E-state index is 2.43. The van der Waals surface area contributed by atoms with Crippen molar-refractivity contribution in [2.75, 3.05) is 4.90 Å². The van der Waals surface area contributed by atoms with Crippen LogP contribution in [0.1, 0.15) is 44.5 Å². The number of anilines is 3. The van der Waals surface area contributed by atoms with Crippen LogP contribution < -0.4 is 4.90 Å². The third-order valence-electron chi connectivity index (χ3n) is 16.0. The molecule has 12 aromatic rings. The largest absolute Gasteiger partial charge is 0.310 e. The first kappa shape index (κ1) is 44.2. The summed E-state index contributed by atoms with van der Waals surface area (Å²) in [4.78, 5) is 2.42. The van der Waals surface area contributed by atoms with E-state index >= 15 is 0 Å². The van der Waals surface area contributed by atoms with E-state index < -0.39 is 10.8 Å². The maximum atomic E-state index is 2.43. The van der Waals surface area contributed by atoms with Crippen molar-refractivity contribution in [3.05, 3.63) is 354 Å². The first-order valence-electron chi connectivity index (χ1n) is 26.1. The van der Waals surface area contributed by atoms with Gasteiger partial charge in [0.05, 0.1) is 10.8 Å². The van der Waals surface area contributed by atoms with E-state index in [1.165, 1.54) is 89.0 Å². The molecule has 0 fully saturated rings. The molecule has 0 spiro atoms. The van der Waals surface area contributed by atoms with Crippen LogP contribution in [0.15, 0.2) is 309 Å². The number of nitrogens with zero attached hydrogens (tertiary/aromatic N) is 1. The van der Waals surface area contributed by atoms with Crippen LogP contribution in [0.4, 0.5) is 17.1 Å². The van der Waals surface area contributed by atoms with E-state index in [-0.39, 0.29) is 0 Å². The Morgan fingerprint density at radius 2 is 0.493 bits per heavy atom. The van der Waals surface area contributed by atoms with Crippen LogP contribution in [-0.2, 0) is 10.8 Å². The van der Waals surface area contributed by atoms with Gasteiger partial charge in [0, 0.05) is 17.1 Å². The lowest BCUT2D eigenvalue weighted by Gasteiger charge is -2.34. The fourth-order valence-electron chi connectivity index (χ4n) is 12.8. The molecule has 12 aromatic carbocycles. The molecule has 0 saturated carbocycles. The van der Waals surface area contributed by atoms with Crippen molar-refractivity contribution in [2.45, 2.75) is 10.8 Å². The van der Waals surface area contributed by atoms with E-state index in [4.69, 9.17) is 0 Å². The molecule has 14 rings (SSSR count). The van der Waals surface area contributed by atoms with Crippen molar-refractivity contribution in [3.8, 4) is 55.6 Å². The molecule has 1 nitrogen and oxygen atoms in total. The lowest BCUT2D eigenvalue weighted by molar-refractivity contribution is 0.768. The second-order valence-corrected chi connectivity index (χ2v) is 19.9. The summed E-state index contributed by atoms with van der Waals surface area (Å²) in [5, 5.41) is 0. The predicted molar refractivity (Wildman–Crippen MR) is 312 cm³/mol. The monoisotopic (exact) mass is 953 g/mol. The van der Waals surface area contributed by atoms with Crippen LogP contribution in [0.5, 0.6) is 0 Å². The number of fused-ring (bicyclic) bond motifs is 6. The number of hydrogen-bond acceptors (Lipinski definition) is 1. The highest BCUT2D eigenvalue weighted by atomic mass is 15.1. The molecule has 2 aliphatic rings. The van der Waals surface area contributed by atoms with Gasteiger partial charge in [0.1, 0.15) is 0 Å². The molecule has 0 amide bonds.